The second-order valence-corrected chi connectivity index (χ2v) is 5.40. The highest BCUT2D eigenvalue weighted by Gasteiger charge is 2.20. The van der Waals surface area contributed by atoms with E-state index in [9.17, 15) is 0 Å². The summed E-state index contributed by atoms with van der Waals surface area (Å²) < 4.78 is 5.73. The van der Waals surface area contributed by atoms with Gasteiger partial charge in [-0.1, -0.05) is 30.7 Å². The van der Waals surface area contributed by atoms with Crippen LogP contribution in [0.2, 0.25) is 5.02 Å². The van der Waals surface area contributed by atoms with Crippen molar-refractivity contribution in [3.05, 3.63) is 34.9 Å². The zero-order valence-electron chi connectivity index (χ0n) is 11.0. The minimum atomic E-state index is 0.438. The first-order valence-electron chi connectivity index (χ1n) is 6.87. The molecule has 2 rings (SSSR count). The molecule has 3 heteroatoms. The third kappa shape index (κ3) is 4.27. The van der Waals surface area contributed by atoms with Gasteiger partial charge in [0.1, 0.15) is 0 Å². The number of hydrogen-bond donors (Lipinski definition) is 1. The van der Waals surface area contributed by atoms with Gasteiger partial charge in [-0.25, -0.2) is 0 Å². The standard InChI is InChI=1S/C15H22ClNO/c1-2-17-14(11-15-7-4-8-18-15)10-12-5-3-6-13(16)9-12/h3,5-6,9,14-15,17H,2,4,7-8,10-11H2,1H3. The molecule has 0 aliphatic carbocycles. The Hall–Kier alpha value is -0.570. The number of halogens is 1. The van der Waals surface area contributed by atoms with E-state index < -0.39 is 0 Å². The predicted molar refractivity (Wildman–Crippen MR) is 76.2 cm³/mol. The molecule has 0 bridgehead atoms. The molecule has 1 N–H and O–H groups in total. The van der Waals surface area contributed by atoms with Crippen LogP contribution in [0.15, 0.2) is 24.3 Å². The number of nitrogens with one attached hydrogen (secondary N) is 1. The Labute approximate surface area is 115 Å². The van der Waals surface area contributed by atoms with E-state index in [1.807, 2.05) is 12.1 Å². The molecular formula is C15H22ClNO. The third-order valence-electron chi connectivity index (χ3n) is 3.44. The summed E-state index contributed by atoms with van der Waals surface area (Å²) in [5.41, 5.74) is 1.30. The summed E-state index contributed by atoms with van der Waals surface area (Å²) >= 11 is 6.03. The Morgan fingerprint density at radius 2 is 2.39 bits per heavy atom. The first-order valence-corrected chi connectivity index (χ1v) is 7.25. The summed E-state index contributed by atoms with van der Waals surface area (Å²) in [5, 5.41) is 4.37. The van der Waals surface area contributed by atoms with E-state index in [-0.39, 0.29) is 0 Å². The van der Waals surface area contributed by atoms with Crippen molar-refractivity contribution in [3.8, 4) is 0 Å². The first kappa shape index (κ1) is 13.9. The summed E-state index contributed by atoms with van der Waals surface area (Å²) in [7, 11) is 0. The van der Waals surface area contributed by atoms with Gasteiger partial charge in [0, 0.05) is 17.7 Å². The Bertz CT molecular complexity index is 363. The fourth-order valence-corrected chi connectivity index (χ4v) is 2.84. The van der Waals surface area contributed by atoms with E-state index in [0.29, 0.717) is 12.1 Å². The molecule has 0 saturated carbocycles. The van der Waals surface area contributed by atoms with Gasteiger partial charge in [0.2, 0.25) is 0 Å². The number of hydrogen-bond acceptors (Lipinski definition) is 2. The molecule has 1 aromatic rings. The van der Waals surface area contributed by atoms with Crippen molar-refractivity contribution in [1.29, 1.82) is 0 Å². The third-order valence-corrected chi connectivity index (χ3v) is 3.67. The van der Waals surface area contributed by atoms with Gasteiger partial charge in [0.05, 0.1) is 6.10 Å². The monoisotopic (exact) mass is 267 g/mol. The largest absolute Gasteiger partial charge is 0.378 e. The minimum Gasteiger partial charge on any atom is -0.378 e. The molecule has 18 heavy (non-hydrogen) atoms. The van der Waals surface area contributed by atoms with Crippen LogP contribution >= 0.6 is 11.6 Å². The lowest BCUT2D eigenvalue weighted by Gasteiger charge is -2.21. The fourth-order valence-electron chi connectivity index (χ4n) is 2.62. The van der Waals surface area contributed by atoms with Crippen LogP contribution in [0.3, 0.4) is 0 Å². The van der Waals surface area contributed by atoms with Crippen LogP contribution in [-0.4, -0.2) is 25.3 Å². The van der Waals surface area contributed by atoms with Crippen LogP contribution in [0.5, 0.6) is 0 Å². The highest BCUT2D eigenvalue weighted by atomic mass is 35.5. The molecule has 0 spiro atoms. The molecule has 100 valence electrons. The van der Waals surface area contributed by atoms with E-state index in [0.717, 1.165) is 31.0 Å². The van der Waals surface area contributed by atoms with Gasteiger partial charge in [0.15, 0.2) is 0 Å². The van der Waals surface area contributed by atoms with Crippen LogP contribution in [0.1, 0.15) is 31.7 Å². The summed E-state index contributed by atoms with van der Waals surface area (Å²) in [6.07, 6.45) is 4.97. The molecule has 1 aliphatic heterocycles. The van der Waals surface area contributed by atoms with Crippen molar-refractivity contribution in [2.24, 2.45) is 0 Å². The quantitative estimate of drug-likeness (QED) is 0.853. The number of rotatable bonds is 6. The van der Waals surface area contributed by atoms with Crippen molar-refractivity contribution < 1.29 is 4.74 Å². The molecule has 0 amide bonds. The molecule has 1 aromatic carbocycles. The zero-order chi connectivity index (χ0) is 12.8. The Kier molecular flexibility index (Phi) is 5.48. The molecular weight excluding hydrogens is 246 g/mol. The van der Waals surface area contributed by atoms with E-state index in [2.05, 4.69) is 24.4 Å². The van der Waals surface area contributed by atoms with Crippen molar-refractivity contribution in [1.82, 2.24) is 5.32 Å². The van der Waals surface area contributed by atoms with Gasteiger partial charge in [-0.2, -0.15) is 0 Å². The Balaban J connectivity index is 1.92. The smallest absolute Gasteiger partial charge is 0.0590 e. The molecule has 2 unspecified atom stereocenters. The highest BCUT2D eigenvalue weighted by molar-refractivity contribution is 6.30. The van der Waals surface area contributed by atoms with Gasteiger partial charge in [-0.3, -0.25) is 0 Å². The Morgan fingerprint density at radius 3 is 3.06 bits per heavy atom. The minimum absolute atomic E-state index is 0.438. The van der Waals surface area contributed by atoms with Crippen molar-refractivity contribution in [2.75, 3.05) is 13.2 Å². The molecule has 2 atom stereocenters. The summed E-state index contributed by atoms with van der Waals surface area (Å²) in [5.74, 6) is 0. The number of benzene rings is 1. The summed E-state index contributed by atoms with van der Waals surface area (Å²) in [6.45, 7) is 4.08. The second-order valence-electron chi connectivity index (χ2n) is 4.96. The molecule has 1 heterocycles. The van der Waals surface area contributed by atoms with Crippen LogP contribution in [0, 0.1) is 0 Å². The maximum absolute atomic E-state index is 6.03. The van der Waals surface area contributed by atoms with E-state index in [1.54, 1.807) is 0 Å². The molecule has 1 aliphatic rings. The number of ether oxygens (including phenoxy) is 1. The normalized spacial score (nSPS) is 21.1. The molecule has 2 nitrogen and oxygen atoms in total. The average Bonchev–Trinajstić information content (AvgIpc) is 2.82. The summed E-state index contributed by atoms with van der Waals surface area (Å²) in [6, 6.07) is 8.63. The van der Waals surface area contributed by atoms with E-state index >= 15 is 0 Å². The van der Waals surface area contributed by atoms with Gasteiger partial charge >= 0.3 is 0 Å². The molecule has 0 radical (unpaired) electrons. The SMILES string of the molecule is CCNC(Cc1cccc(Cl)c1)CC1CCCO1. The second kappa shape index (κ2) is 7.13. The van der Waals surface area contributed by atoms with Crippen LogP contribution < -0.4 is 5.32 Å². The zero-order valence-corrected chi connectivity index (χ0v) is 11.7. The maximum atomic E-state index is 6.03. The van der Waals surface area contributed by atoms with E-state index in [1.165, 1.54) is 18.4 Å². The first-order chi connectivity index (χ1) is 8.78. The van der Waals surface area contributed by atoms with Crippen LogP contribution in [0.4, 0.5) is 0 Å². The topological polar surface area (TPSA) is 21.3 Å². The van der Waals surface area contributed by atoms with Crippen LogP contribution in [0.25, 0.3) is 0 Å². The summed E-state index contributed by atoms with van der Waals surface area (Å²) in [4.78, 5) is 0. The predicted octanol–water partition coefficient (Wildman–Crippen LogP) is 3.43. The van der Waals surface area contributed by atoms with Crippen molar-refractivity contribution in [2.45, 2.75) is 44.8 Å². The van der Waals surface area contributed by atoms with Gasteiger partial charge in [0.25, 0.3) is 0 Å². The van der Waals surface area contributed by atoms with Crippen LogP contribution in [-0.2, 0) is 11.2 Å². The lowest BCUT2D eigenvalue weighted by atomic mass is 9.99. The lowest BCUT2D eigenvalue weighted by Crippen LogP contribution is -2.34. The molecule has 1 saturated heterocycles. The van der Waals surface area contributed by atoms with E-state index in [4.69, 9.17) is 16.3 Å². The van der Waals surface area contributed by atoms with Crippen molar-refractivity contribution >= 4 is 11.6 Å². The maximum Gasteiger partial charge on any atom is 0.0590 e. The Morgan fingerprint density at radius 1 is 1.50 bits per heavy atom. The fraction of sp³-hybridized carbons (Fsp3) is 0.600. The molecule has 1 fully saturated rings. The highest BCUT2D eigenvalue weighted by Crippen LogP contribution is 2.19. The van der Waals surface area contributed by atoms with Gasteiger partial charge in [-0.15, -0.1) is 0 Å². The van der Waals surface area contributed by atoms with Gasteiger partial charge < -0.3 is 10.1 Å². The lowest BCUT2D eigenvalue weighted by molar-refractivity contribution is 0.0948. The van der Waals surface area contributed by atoms with Crippen molar-refractivity contribution in [3.63, 3.8) is 0 Å². The molecule has 0 aromatic heterocycles. The van der Waals surface area contributed by atoms with Gasteiger partial charge in [-0.05, 0) is 49.9 Å². The number of likely N-dealkylation sites (N-methyl/N-ethyl adjacent to an activating group) is 1. The average molecular weight is 268 g/mol.